The number of rotatable bonds is 10. The molecule has 1 unspecified atom stereocenters. The number of Topliss-reactive ketones (excluding diaryl/α,β-unsaturated/α-hetero) is 1. The first-order valence-electron chi connectivity index (χ1n) is 11.9. The Labute approximate surface area is 237 Å². The van der Waals surface area contributed by atoms with Crippen LogP contribution >= 0.6 is 11.3 Å². The molecule has 0 aliphatic carbocycles. The second-order valence-electron chi connectivity index (χ2n) is 8.13. The Hall–Kier alpha value is -1.55. The summed E-state index contributed by atoms with van der Waals surface area (Å²) in [4.78, 5) is 36.2. The van der Waals surface area contributed by atoms with Crippen LogP contribution in [0.4, 0.5) is 5.13 Å². The number of thiazole rings is 1. The number of hydroxylamine groups is 1. The number of hydrogen-bond donors (Lipinski definition) is 1. The number of carbonyl (C=O) groups is 1. The third kappa shape index (κ3) is 10.2. The molecule has 0 spiro atoms. The van der Waals surface area contributed by atoms with Gasteiger partial charge in [-0.15, -0.1) is 17.4 Å². The van der Waals surface area contributed by atoms with Crippen LogP contribution in [0.2, 0.25) is 0 Å². The number of carbonyl (C=O) groups excluding carboxylic acids is 1. The number of allylic oxidation sites excluding steroid dienone is 1. The molecule has 1 radical (unpaired) electrons. The van der Waals surface area contributed by atoms with Gasteiger partial charge >= 0.3 is 5.63 Å². The van der Waals surface area contributed by atoms with Gasteiger partial charge in [0.1, 0.15) is 17.1 Å². The topological polar surface area (TPSA) is 107 Å². The van der Waals surface area contributed by atoms with Crippen molar-refractivity contribution < 1.29 is 51.9 Å². The fourth-order valence-corrected chi connectivity index (χ4v) is 4.44. The minimum absolute atomic E-state index is 0. The molecule has 1 N–H and O–H groups in total. The first-order chi connectivity index (χ1) is 16.4. The number of anilines is 1. The van der Waals surface area contributed by atoms with Crippen molar-refractivity contribution in [2.45, 2.75) is 71.6 Å². The maximum absolute atomic E-state index is 11.8. The molecule has 8 nitrogen and oxygen atoms in total. The minimum Gasteiger partial charge on any atom is -0.569 e. The van der Waals surface area contributed by atoms with Crippen molar-refractivity contribution >= 4 is 22.3 Å². The third-order valence-electron chi connectivity index (χ3n) is 5.59. The van der Waals surface area contributed by atoms with Gasteiger partial charge in [-0.3, -0.25) is 4.79 Å². The second-order valence-corrected chi connectivity index (χ2v) is 9.23. The Morgan fingerprint density at radius 1 is 1.34 bits per heavy atom. The SMILES string of the molecule is CCC(=O)c1c(O)cc(C(C)CC/C=C\[N-]OC)oc1=O.CCc1cnc(N2CCCCC2)s1.[Y]. The quantitative estimate of drug-likeness (QED) is 0.273. The molecule has 0 amide bonds. The number of nitrogens with zero attached hydrogens (tertiary/aromatic N) is 3. The average molecular weight is 580 g/mol. The predicted octanol–water partition coefficient (Wildman–Crippen LogP) is 5.96. The van der Waals surface area contributed by atoms with Gasteiger partial charge in [-0.2, -0.15) is 6.20 Å². The predicted molar refractivity (Wildman–Crippen MR) is 136 cm³/mol. The normalized spacial score (nSPS) is 14.1. The molecule has 0 saturated carbocycles. The van der Waals surface area contributed by atoms with Crippen LogP contribution in [0.15, 0.2) is 33.8 Å². The molecule has 2 aromatic rings. The molecule has 1 aliphatic rings. The van der Waals surface area contributed by atoms with Gasteiger partial charge < -0.3 is 24.7 Å². The number of piperidine rings is 1. The number of aromatic hydroxyl groups is 1. The maximum atomic E-state index is 11.8. The van der Waals surface area contributed by atoms with Gasteiger partial charge in [-0.25, -0.2) is 9.78 Å². The standard InChI is InChI=1S/C15H20NO5.C10H16N2S.Y/c1-4-11(17)14-12(18)9-13(21-15(14)19)10(2)7-5-6-8-16-20-3;1-2-9-8-11-10(13-9)12-6-4-3-5-7-12;/h6,8-10H,4-5,7H2,1-3H3,(H,17,18,19);8H,2-7H2,1H3;/q-1;;/b8-6-;;. The number of aromatic nitrogens is 1. The molecule has 1 saturated heterocycles. The minimum atomic E-state index is -0.784. The molecule has 3 rings (SSSR count). The first-order valence-corrected chi connectivity index (χ1v) is 12.7. The molecule has 0 aromatic carbocycles. The van der Waals surface area contributed by atoms with Crippen LogP contribution in [0.1, 0.15) is 86.2 Å². The van der Waals surface area contributed by atoms with Crippen LogP contribution in [0.5, 0.6) is 5.75 Å². The van der Waals surface area contributed by atoms with E-state index in [9.17, 15) is 14.7 Å². The van der Waals surface area contributed by atoms with Crippen molar-refractivity contribution in [1.29, 1.82) is 0 Å². The van der Waals surface area contributed by atoms with Crippen molar-refractivity contribution in [2.75, 3.05) is 25.1 Å². The van der Waals surface area contributed by atoms with E-state index >= 15 is 0 Å². The fourth-order valence-electron chi connectivity index (χ4n) is 3.53. The Balaban J connectivity index is 0.000000374. The summed E-state index contributed by atoms with van der Waals surface area (Å²) in [6, 6.07) is 1.35. The molecule has 10 heteroatoms. The molecular weight excluding hydrogens is 543 g/mol. The van der Waals surface area contributed by atoms with Gasteiger partial charge in [0.05, 0.1) is 0 Å². The number of ketones is 1. The Morgan fingerprint density at radius 3 is 2.63 bits per heavy atom. The first kappa shape index (κ1) is 31.5. The van der Waals surface area contributed by atoms with Gasteiger partial charge in [0.2, 0.25) is 0 Å². The van der Waals surface area contributed by atoms with E-state index in [1.807, 2.05) is 30.5 Å². The van der Waals surface area contributed by atoms with Crippen LogP contribution in [0.3, 0.4) is 0 Å². The monoisotopic (exact) mass is 579 g/mol. The van der Waals surface area contributed by atoms with Crippen LogP contribution in [-0.4, -0.2) is 36.1 Å². The molecule has 1 aliphatic heterocycles. The van der Waals surface area contributed by atoms with Gasteiger partial charge in [-0.1, -0.05) is 20.8 Å². The largest absolute Gasteiger partial charge is 0.569 e. The van der Waals surface area contributed by atoms with Gasteiger partial charge in [0, 0.05) is 82.4 Å². The van der Waals surface area contributed by atoms with E-state index in [2.05, 4.69) is 27.1 Å². The summed E-state index contributed by atoms with van der Waals surface area (Å²) < 4.78 is 5.14. The van der Waals surface area contributed by atoms with E-state index in [-0.39, 0.29) is 56.4 Å². The maximum Gasteiger partial charge on any atom is 0.350 e. The Kier molecular flexibility index (Phi) is 15.3. The van der Waals surface area contributed by atoms with E-state index in [1.165, 1.54) is 55.5 Å². The summed E-state index contributed by atoms with van der Waals surface area (Å²) in [5.74, 6) is -0.446. The van der Waals surface area contributed by atoms with Crippen molar-refractivity contribution in [2.24, 2.45) is 0 Å². The molecule has 1 atom stereocenters. The molecule has 3 heterocycles. The van der Waals surface area contributed by atoms with Crippen molar-refractivity contribution in [3.8, 4) is 5.75 Å². The number of hydrogen-bond acceptors (Lipinski definition) is 8. The van der Waals surface area contributed by atoms with E-state index in [0.29, 0.717) is 18.6 Å². The smallest absolute Gasteiger partial charge is 0.350 e. The zero-order valence-electron chi connectivity index (χ0n) is 21.2. The molecular formula is C25H36N3O5SY-. The Bertz CT molecular complexity index is 986. The van der Waals surface area contributed by atoms with Crippen LogP contribution in [-0.2, 0) is 44.0 Å². The van der Waals surface area contributed by atoms with Gasteiger partial charge in [0.15, 0.2) is 10.9 Å². The zero-order chi connectivity index (χ0) is 24.9. The van der Waals surface area contributed by atoms with Gasteiger partial charge in [0.25, 0.3) is 0 Å². The van der Waals surface area contributed by atoms with E-state index in [4.69, 9.17) is 4.42 Å². The summed E-state index contributed by atoms with van der Waals surface area (Å²) in [6.45, 7) is 8.09. The third-order valence-corrected chi connectivity index (χ3v) is 6.79. The summed E-state index contributed by atoms with van der Waals surface area (Å²) >= 11 is 1.85. The second kappa shape index (κ2) is 17.0. The van der Waals surface area contributed by atoms with E-state index in [1.54, 1.807) is 13.1 Å². The van der Waals surface area contributed by atoms with E-state index in [0.717, 1.165) is 6.42 Å². The van der Waals surface area contributed by atoms with E-state index < -0.39 is 11.4 Å². The van der Waals surface area contributed by atoms with Crippen molar-refractivity contribution in [1.82, 2.24) is 4.98 Å². The fraction of sp³-hybridized carbons (Fsp3) is 0.560. The molecule has 1 fully saturated rings. The Morgan fingerprint density at radius 2 is 2.06 bits per heavy atom. The van der Waals surface area contributed by atoms with Crippen LogP contribution in [0.25, 0.3) is 5.48 Å². The summed E-state index contributed by atoms with van der Waals surface area (Å²) in [7, 11) is 1.46. The molecule has 0 bridgehead atoms. The molecule has 191 valence electrons. The van der Waals surface area contributed by atoms with Gasteiger partial charge in [-0.05, 0) is 38.5 Å². The summed E-state index contributed by atoms with van der Waals surface area (Å²) in [5.41, 5.74) is 2.52. The summed E-state index contributed by atoms with van der Waals surface area (Å²) in [6.07, 6.45) is 12.1. The molecule has 2 aromatic heterocycles. The number of aryl methyl sites for hydroxylation is 1. The summed E-state index contributed by atoms with van der Waals surface area (Å²) in [5, 5.41) is 11.1. The molecule has 35 heavy (non-hydrogen) atoms. The van der Waals surface area contributed by atoms with Crippen LogP contribution in [0, 0.1) is 0 Å². The van der Waals surface area contributed by atoms with Crippen LogP contribution < -0.4 is 10.5 Å². The van der Waals surface area contributed by atoms with Crippen molar-refractivity contribution in [3.63, 3.8) is 0 Å². The van der Waals surface area contributed by atoms with Crippen molar-refractivity contribution in [3.05, 3.63) is 56.6 Å². The zero-order valence-corrected chi connectivity index (χ0v) is 24.8. The average Bonchev–Trinajstić information content (AvgIpc) is 3.33.